The van der Waals surface area contributed by atoms with Crippen LogP contribution in [0.15, 0.2) is 29.4 Å². The molecule has 0 aromatic heterocycles. The van der Waals surface area contributed by atoms with Gasteiger partial charge in [0.15, 0.2) is 5.11 Å². The number of thiocarbonyl (C=S) groups is 1. The molecule has 1 rings (SSSR count). The van der Waals surface area contributed by atoms with E-state index in [1.807, 2.05) is 25.1 Å². The van der Waals surface area contributed by atoms with Crippen LogP contribution in [0.4, 0.5) is 5.69 Å². The second-order valence-corrected chi connectivity index (χ2v) is 3.70. The number of nitrogens with zero attached hydrogens (tertiary/aromatic N) is 1. The first kappa shape index (κ1) is 12.6. The van der Waals surface area contributed by atoms with Gasteiger partial charge in [0.1, 0.15) is 0 Å². The molecule has 0 spiro atoms. The summed E-state index contributed by atoms with van der Waals surface area (Å²) >= 11 is 5.12. The molecule has 1 aromatic carbocycles. The minimum Gasteiger partial charge on any atom is -0.331 e. The molecule has 2 N–H and O–H groups in total. The van der Waals surface area contributed by atoms with Crippen molar-refractivity contribution in [2.24, 2.45) is 5.10 Å². The van der Waals surface area contributed by atoms with Gasteiger partial charge in [0, 0.05) is 11.9 Å². The Morgan fingerprint density at radius 1 is 1.38 bits per heavy atom. The van der Waals surface area contributed by atoms with Crippen LogP contribution in [0, 0.1) is 0 Å². The zero-order valence-corrected chi connectivity index (χ0v) is 10.5. The van der Waals surface area contributed by atoms with Gasteiger partial charge in [-0.3, -0.25) is 5.43 Å². The summed E-state index contributed by atoms with van der Waals surface area (Å²) in [6, 6.07) is 8.10. The van der Waals surface area contributed by atoms with Gasteiger partial charge in [0.05, 0.1) is 0 Å². The first-order chi connectivity index (χ1) is 7.77. The number of hydrogen-bond acceptors (Lipinski definition) is 2. The summed E-state index contributed by atoms with van der Waals surface area (Å²) in [7, 11) is 0. The molecule has 0 bridgehead atoms. The van der Waals surface area contributed by atoms with E-state index in [1.54, 1.807) is 6.21 Å². The Kier molecular flexibility index (Phi) is 5.50. The van der Waals surface area contributed by atoms with Crippen molar-refractivity contribution in [2.75, 3.05) is 5.32 Å². The first-order valence-corrected chi connectivity index (χ1v) is 5.85. The quantitative estimate of drug-likeness (QED) is 0.478. The molecule has 86 valence electrons. The topological polar surface area (TPSA) is 36.4 Å². The molecule has 16 heavy (non-hydrogen) atoms. The highest BCUT2D eigenvalue weighted by atomic mass is 32.1. The Morgan fingerprint density at radius 2 is 2.12 bits per heavy atom. The first-order valence-electron chi connectivity index (χ1n) is 5.44. The lowest BCUT2D eigenvalue weighted by molar-refractivity contribution is 1.03. The van der Waals surface area contributed by atoms with Crippen molar-refractivity contribution >= 4 is 29.2 Å². The van der Waals surface area contributed by atoms with Crippen LogP contribution in [-0.4, -0.2) is 11.3 Å². The van der Waals surface area contributed by atoms with E-state index in [0.29, 0.717) is 5.11 Å². The van der Waals surface area contributed by atoms with Crippen LogP contribution in [0.5, 0.6) is 0 Å². The molecule has 0 radical (unpaired) electrons. The van der Waals surface area contributed by atoms with Crippen LogP contribution in [0.25, 0.3) is 0 Å². The smallest absolute Gasteiger partial charge is 0.191 e. The molecule has 0 atom stereocenters. The fraction of sp³-hybridized carbons (Fsp3) is 0.333. The molecule has 4 heteroatoms. The average molecular weight is 235 g/mol. The zero-order chi connectivity index (χ0) is 11.8. The maximum Gasteiger partial charge on any atom is 0.191 e. The Labute approximate surface area is 102 Å². The van der Waals surface area contributed by atoms with Crippen molar-refractivity contribution in [3.05, 3.63) is 29.8 Å². The van der Waals surface area contributed by atoms with Crippen LogP contribution in [0.3, 0.4) is 0 Å². The number of hydrazone groups is 1. The maximum atomic E-state index is 5.12. The normalized spacial score (nSPS) is 10.4. The van der Waals surface area contributed by atoms with Crippen molar-refractivity contribution in [3.63, 3.8) is 0 Å². The third kappa shape index (κ3) is 3.98. The van der Waals surface area contributed by atoms with Gasteiger partial charge in [0.2, 0.25) is 0 Å². The monoisotopic (exact) mass is 235 g/mol. The standard InChI is InChI=1S/C12H17N3S/c1-3-9-13-15-12(16)14-11-8-6-5-7-10(11)4-2/h5-9H,3-4H2,1-2H3,(H2,14,15,16)/b13-9+. The summed E-state index contributed by atoms with van der Waals surface area (Å²) in [5.74, 6) is 0. The van der Waals surface area contributed by atoms with Gasteiger partial charge in [-0.25, -0.2) is 0 Å². The van der Waals surface area contributed by atoms with Gasteiger partial charge < -0.3 is 5.32 Å². The highest BCUT2D eigenvalue weighted by molar-refractivity contribution is 7.80. The van der Waals surface area contributed by atoms with Crippen LogP contribution in [-0.2, 0) is 6.42 Å². The fourth-order valence-electron chi connectivity index (χ4n) is 1.30. The zero-order valence-electron chi connectivity index (χ0n) is 9.66. The van der Waals surface area contributed by atoms with E-state index < -0.39 is 0 Å². The van der Waals surface area contributed by atoms with Crippen molar-refractivity contribution in [1.82, 2.24) is 5.43 Å². The van der Waals surface area contributed by atoms with E-state index in [9.17, 15) is 0 Å². The van der Waals surface area contributed by atoms with E-state index in [1.165, 1.54) is 5.56 Å². The molecule has 0 aliphatic rings. The second kappa shape index (κ2) is 6.95. The molecule has 0 heterocycles. The Morgan fingerprint density at radius 3 is 2.81 bits per heavy atom. The van der Waals surface area contributed by atoms with E-state index in [-0.39, 0.29) is 0 Å². The number of aryl methyl sites for hydroxylation is 1. The van der Waals surface area contributed by atoms with Crippen LogP contribution in [0.2, 0.25) is 0 Å². The van der Waals surface area contributed by atoms with Crippen molar-refractivity contribution in [1.29, 1.82) is 0 Å². The lowest BCUT2D eigenvalue weighted by atomic mass is 10.1. The summed E-state index contributed by atoms with van der Waals surface area (Å²) < 4.78 is 0. The molecule has 0 saturated heterocycles. The summed E-state index contributed by atoms with van der Waals surface area (Å²) in [6.45, 7) is 4.14. The molecule has 3 nitrogen and oxygen atoms in total. The van der Waals surface area contributed by atoms with Gasteiger partial charge in [-0.2, -0.15) is 5.10 Å². The maximum absolute atomic E-state index is 5.12. The van der Waals surface area contributed by atoms with Gasteiger partial charge in [0.25, 0.3) is 0 Å². The van der Waals surface area contributed by atoms with E-state index in [0.717, 1.165) is 18.5 Å². The van der Waals surface area contributed by atoms with Crippen LogP contribution in [0.1, 0.15) is 25.8 Å². The third-order valence-electron chi connectivity index (χ3n) is 2.09. The predicted octanol–water partition coefficient (Wildman–Crippen LogP) is 2.93. The Bertz CT molecular complexity index is 374. The number of benzene rings is 1. The van der Waals surface area contributed by atoms with Crippen LogP contribution >= 0.6 is 12.2 Å². The Hall–Kier alpha value is -1.42. The van der Waals surface area contributed by atoms with Gasteiger partial charge in [-0.1, -0.05) is 32.0 Å². The SMILES string of the molecule is CC/C=N/NC(=S)Nc1ccccc1CC. The number of nitrogens with one attached hydrogen (secondary N) is 2. The predicted molar refractivity (Wildman–Crippen MR) is 74.0 cm³/mol. The van der Waals surface area contributed by atoms with E-state index in [4.69, 9.17) is 12.2 Å². The highest BCUT2D eigenvalue weighted by Crippen LogP contribution is 2.14. The van der Waals surface area contributed by atoms with Crippen LogP contribution < -0.4 is 10.7 Å². The summed E-state index contributed by atoms with van der Waals surface area (Å²) in [5, 5.41) is 7.61. The van der Waals surface area contributed by atoms with Gasteiger partial charge >= 0.3 is 0 Å². The molecular weight excluding hydrogens is 218 g/mol. The minimum atomic E-state index is 0.519. The Balaban J connectivity index is 2.58. The number of rotatable bonds is 4. The summed E-state index contributed by atoms with van der Waals surface area (Å²) in [5.41, 5.74) is 5.05. The minimum absolute atomic E-state index is 0.519. The van der Waals surface area contributed by atoms with Gasteiger partial charge in [-0.05, 0) is 36.7 Å². The number of anilines is 1. The van der Waals surface area contributed by atoms with E-state index >= 15 is 0 Å². The number of para-hydroxylation sites is 1. The lowest BCUT2D eigenvalue weighted by Crippen LogP contribution is -2.24. The molecule has 0 amide bonds. The fourth-order valence-corrected chi connectivity index (χ4v) is 1.46. The molecule has 1 aromatic rings. The second-order valence-electron chi connectivity index (χ2n) is 3.30. The molecular formula is C12H17N3S. The molecule has 0 unspecified atom stereocenters. The largest absolute Gasteiger partial charge is 0.331 e. The molecule has 0 aliphatic carbocycles. The summed E-state index contributed by atoms with van der Waals surface area (Å²) in [6.07, 6.45) is 3.64. The van der Waals surface area contributed by atoms with Crippen molar-refractivity contribution < 1.29 is 0 Å². The molecule has 0 saturated carbocycles. The lowest BCUT2D eigenvalue weighted by Gasteiger charge is -2.10. The average Bonchev–Trinajstić information content (AvgIpc) is 2.30. The van der Waals surface area contributed by atoms with Gasteiger partial charge in [-0.15, -0.1) is 0 Å². The molecule has 0 aliphatic heterocycles. The number of hydrogen-bond donors (Lipinski definition) is 2. The van der Waals surface area contributed by atoms with E-state index in [2.05, 4.69) is 28.8 Å². The molecule has 0 fully saturated rings. The summed E-state index contributed by atoms with van der Waals surface area (Å²) in [4.78, 5) is 0. The van der Waals surface area contributed by atoms with Crippen molar-refractivity contribution in [3.8, 4) is 0 Å². The van der Waals surface area contributed by atoms with Crippen molar-refractivity contribution in [2.45, 2.75) is 26.7 Å². The third-order valence-corrected chi connectivity index (χ3v) is 2.28. The highest BCUT2D eigenvalue weighted by Gasteiger charge is 2.00.